The van der Waals surface area contributed by atoms with E-state index in [1.807, 2.05) is 11.3 Å². The van der Waals surface area contributed by atoms with Gasteiger partial charge >= 0.3 is 0 Å². The van der Waals surface area contributed by atoms with Crippen LogP contribution in [-0.2, 0) is 0 Å². The average molecular weight is 245 g/mol. The van der Waals surface area contributed by atoms with E-state index >= 15 is 0 Å². The lowest BCUT2D eigenvalue weighted by molar-refractivity contribution is 0.220. The number of hydrogen-bond acceptors (Lipinski definition) is 2. The zero-order valence-electron chi connectivity index (χ0n) is 10.5. The third-order valence-electron chi connectivity index (χ3n) is 4.02. The first-order valence-corrected chi connectivity index (χ1v) is 7.23. The first-order chi connectivity index (χ1) is 8.18. The second kappa shape index (κ2) is 4.11. The molecule has 1 aromatic carbocycles. The van der Waals surface area contributed by atoms with Gasteiger partial charge in [-0.05, 0) is 46.7 Å². The van der Waals surface area contributed by atoms with Crippen molar-refractivity contribution in [2.45, 2.75) is 26.2 Å². The molecule has 0 radical (unpaired) electrons. The highest BCUT2D eigenvalue weighted by molar-refractivity contribution is 7.17. The monoisotopic (exact) mass is 245 g/mol. The Morgan fingerprint density at radius 1 is 1.29 bits per heavy atom. The molecule has 3 rings (SSSR count). The summed E-state index contributed by atoms with van der Waals surface area (Å²) < 4.78 is 1.49. The maximum absolute atomic E-state index is 3.52. The van der Waals surface area contributed by atoms with Crippen molar-refractivity contribution in [1.29, 1.82) is 0 Å². The Bertz CT molecular complexity index is 526. The van der Waals surface area contributed by atoms with E-state index in [4.69, 9.17) is 0 Å². The van der Waals surface area contributed by atoms with Crippen LogP contribution in [-0.4, -0.2) is 13.1 Å². The van der Waals surface area contributed by atoms with Gasteiger partial charge in [0.05, 0.1) is 0 Å². The Hall–Kier alpha value is -0.860. The highest BCUT2D eigenvalue weighted by atomic mass is 32.1. The van der Waals surface area contributed by atoms with Gasteiger partial charge in [-0.15, -0.1) is 11.3 Å². The number of nitrogens with one attached hydrogen (secondary N) is 1. The molecule has 0 amide bonds. The van der Waals surface area contributed by atoms with Crippen LogP contribution in [0.2, 0.25) is 0 Å². The van der Waals surface area contributed by atoms with E-state index < -0.39 is 0 Å². The van der Waals surface area contributed by atoms with Gasteiger partial charge in [-0.1, -0.05) is 32.0 Å². The number of fused-ring (bicyclic) bond motifs is 1. The van der Waals surface area contributed by atoms with E-state index in [1.165, 1.54) is 16.5 Å². The molecule has 0 saturated carbocycles. The lowest BCUT2D eigenvalue weighted by Crippen LogP contribution is -2.41. The molecule has 1 nitrogen and oxygen atoms in total. The van der Waals surface area contributed by atoms with Crippen LogP contribution < -0.4 is 5.32 Å². The molecule has 17 heavy (non-hydrogen) atoms. The molecule has 1 N–H and O–H groups in total. The maximum atomic E-state index is 3.52. The summed E-state index contributed by atoms with van der Waals surface area (Å²) >= 11 is 1.89. The van der Waals surface area contributed by atoms with Crippen molar-refractivity contribution in [2.24, 2.45) is 5.41 Å². The molecule has 1 aliphatic heterocycles. The van der Waals surface area contributed by atoms with E-state index in [1.54, 1.807) is 5.56 Å². The van der Waals surface area contributed by atoms with E-state index in [9.17, 15) is 0 Å². The molecule has 1 aromatic heterocycles. The standard InChI is InChI=1S/C15H19NS/c1-15(2)10-16-8-6-13(15)12-5-3-4-11-7-9-17-14(11)12/h3-5,7,9,13,16H,6,8,10H2,1-2H3. The summed E-state index contributed by atoms with van der Waals surface area (Å²) in [6.07, 6.45) is 1.25. The molecule has 2 heteroatoms. The number of thiophene rings is 1. The number of rotatable bonds is 1. The van der Waals surface area contributed by atoms with Gasteiger partial charge in [0, 0.05) is 11.2 Å². The summed E-state index contributed by atoms with van der Waals surface area (Å²) in [7, 11) is 0. The SMILES string of the molecule is CC1(C)CNCCC1c1cccc2ccsc12. The average Bonchev–Trinajstić information content (AvgIpc) is 2.76. The van der Waals surface area contributed by atoms with E-state index in [0.717, 1.165) is 13.1 Å². The predicted molar refractivity (Wildman–Crippen MR) is 75.8 cm³/mol. The third-order valence-corrected chi connectivity index (χ3v) is 5.00. The first-order valence-electron chi connectivity index (χ1n) is 6.35. The summed E-state index contributed by atoms with van der Waals surface area (Å²) in [5, 5.41) is 7.14. The molecule has 0 spiro atoms. The third kappa shape index (κ3) is 1.90. The predicted octanol–water partition coefficient (Wildman–Crippen LogP) is 4.00. The van der Waals surface area contributed by atoms with Crippen LogP contribution in [0, 0.1) is 5.41 Å². The fourth-order valence-corrected chi connectivity index (χ4v) is 4.01. The summed E-state index contributed by atoms with van der Waals surface area (Å²) in [5.74, 6) is 0.686. The Kier molecular flexibility index (Phi) is 2.72. The highest BCUT2D eigenvalue weighted by Crippen LogP contribution is 2.43. The van der Waals surface area contributed by atoms with E-state index in [2.05, 4.69) is 48.8 Å². The van der Waals surface area contributed by atoms with Crippen molar-refractivity contribution in [3.63, 3.8) is 0 Å². The van der Waals surface area contributed by atoms with Gasteiger partial charge in [-0.2, -0.15) is 0 Å². The van der Waals surface area contributed by atoms with Crippen LogP contribution in [0.3, 0.4) is 0 Å². The molecule has 90 valence electrons. The van der Waals surface area contributed by atoms with E-state index in [-0.39, 0.29) is 0 Å². The Morgan fingerprint density at radius 2 is 2.18 bits per heavy atom. The number of benzene rings is 1. The molecule has 2 aromatic rings. The molecule has 2 heterocycles. The van der Waals surface area contributed by atoms with Gasteiger partial charge in [0.1, 0.15) is 0 Å². The molecule has 1 aliphatic rings. The second-order valence-electron chi connectivity index (χ2n) is 5.69. The fraction of sp³-hybridized carbons (Fsp3) is 0.467. The van der Waals surface area contributed by atoms with Crippen molar-refractivity contribution >= 4 is 21.4 Å². The Balaban J connectivity index is 2.11. The molecule has 1 saturated heterocycles. The van der Waals surface area contributed by atoms with Gasteiger partial charge in [-0.3, -0.25) is 0 Å². The minimum Gasteiger partial charge on any atom is -0.316 e. The molecular weight excluding hydrogens is 226 g/mol. The van der Waals surface area contributed by atoms with Gasteiger partial charge in [-0.25, -0.2) is 0 Å². The summed E-state index contributed by atoms with van der Waals surface area (Å²) in [5.41, 5.74) is 1.92. The summed E-state index contributed by atoms with van der Waals surface area (Å²) in [6.45, 7) is 7.04. The molecule has 0 bridgehead atoms. The van der Waals surface area contributed by atoms with Crippen LogP contribution in [0.5, 0.6) is 0 Å². The highest BCUT2D eigenvalue weighted by Gasteiger charge is 2.34. The van der Waals surface area contributed by atoms with E-state index in [0.29, 0.717) is 11.3 Å². The lowest BCUT2D eigenvalue weighted by atomic mass is 9.71. The number of hydrogen-bond donors (Lipinski definition) is 1. The molecular formula is C15H19NS. The Labute approximate surface area is 107 Å². The van der Waals surface area contributed by atoms with Gasteiger partial charge in [0.25, 0.3) is 0 Å². The normalized spacial score (nSPS) is 24.0. The molecule has 1 fully saturated rings. The van der Waals surface area contributed by atoms with Crippen LogP contribution in [0.1, 0.15) is 31.7 Å². The maximum Gasteiger partial charge on any atom is 0.0377 e. The largest absolute Gasteiger partial charge is 0.316 e. The quantitative estimate of drug-likeness (QED) is 0.800. The van der Waals surface area contributed by atoms with Crippen LogP contribution in [0.15, 0.2) is 29.6 Å². The zero-order valence-corrected chi connectivity index (χ0v) is 11.3. The number of piperidine rings is 1. The Morgan fingerprint density at radius 3 is 3.00 bits per heavy atom. The topological polar surface area (TPSA) is 12.0 Å². The smallest absolute Gasteiger partial charge is 0.0377 e. The zero-order chi connectivity index (χ0) is 11.9. The van der Waals surface area contributed by atoms with Gasteiger partial charge in [0.2, 0.25) is 0 Å². The van der Waals surface area contributed by atoms with Crippen LogP contribution in [0.25, 0.3) is 10.1 Å². The summed E-state index contributed by atoms with van der Waals surface area (Å²) in [4.78, 5) is 0. The summed E-state index contributed by atoms with van der Waals surface area (Å²) in [6, 6.07) is 9.00. The lowest BCUT2D eigenvalue weighted by Gasteiger charge is -2.39. The second-order valence-corrected chi connectivity index (χ2v) is 6.61. The first kappa shape index (κ1) is 11.2. The molecule has 0 aliphatic carbocycles. The van der Waals surface area contributed by atoms with Crippen molar-refractivity contribution in [2.75, 3.05) is 13.1 Å². The molecule has 1 unspecified atom stereocenters. The fourth-order valence-electron chi connectivity index (χ4n) is 3.04. The minimum atomic E-state index is 0.358. The molecule has 1 atom stereocenters. The van der Waals surface area contributed by atoms with Crippen molar-refractivity contribution in [1.82, 2.24) is 5.32 Å². The van der Waals surface area contributed by atoms with Crippen LogP contribution in [0.4, 0.5) is 0 Å². The van der Waals surface area contributed by atoms with Crippen molar-refractivity contribution in [3.8, 4) is 0 Å². The minimum absolute atomic E-state index is 0.358. The van der Waals surface area contributed by atoms with Gasteiger partial charge in [0.15, 0.2) is 0 Å². The van der Waals surface area contributed by atoms with Crippen LogP contribution >= 0.6 is 11.3 Å². The van der Waals surface area contributed by atoms with Crippen molar-refractivity contribution < 1.29 is 0 Å². The van der Waals surface area contributed by atoms with Gasteiger partial charge < -0.3 is 5.32 Å². The van der Waals surface area contributed by atoms with Crippen molar-refractivity contribution in [3.05, 3.63) is 35.2 Å².